The Morgan fingerprint density at radius 1 is 1.69 bits per heavy atom. The van der Waals surface area contributed by atoms with E-state index in [0.29, 0.717) is 26.1 Å². The van der Waals surface area contributed by atoms with Gasteiger partial charge < -0.3 is 11.6 Å². The third-order valence-corrected chi connectivity index (χ3v) is 2.66. The van der Waals surface area contributed by atoms with Crippen LogP contribution in [0, 0.1) is 0 Å². The first-order valence-electron chi connectivity index (χ1n) is 4.98. The van der Waals surface area contributed by atoms with Crippen LogP contribution in [0.25, 0.3) is 0 Å². The summed E-state index contributed by atoms with van der Waals surface area (Å²) in [5.41, 5.74) is 0. The van der Waals surface area contributed by atoms with Gasteiger partial charge in [0.05, 0.1) is 19.6 Å². The van der Waals surface area contributed by atoms with E-state index in [-0.39, 0.29) is 48.6 Å². The molecule has 0 aromatic heterocycles. The number of carboxylic acid groups (broad SMARTS) is 1. The van der Waals surface area contributed by atoms with Crippen LogP contribution < -0.4 is 29.6 Å². The average molecular weight is 237 g/mol. The molecule has 1 aliphatic heterocycles. The number of amidine groups is 1. The molecule has 0 aromatic carbocycles. The minimum Gasteiger partial charge on any atom is -1.00 e. The molecule has 0 saturated carbocycles. The summed E-state index contributed by atoms with van der Waals surface area (Å²) in [4.78, 5) is 15.1. The zero-order valence-corrected chi connectivity index (χ0v) is 11.7. The zero-order valence-electron chi connectivity index (χ0n) is 10.7. The van der Waals surface area contributed by atoms with E-state index in [0.717, 1.165) is 5.84 Å². The molecule has 0 saturated heterocycles. The third-order valence-electron chi connectivity index (χ3n) is 2.66. The number of quaternary nitrogens is 1. The Labute approximate surface area is 119 Å². The van der Waals surface area contributed by atoms with E-state index in [4.69, 9.17) is 10.2 Å². The normalized spacial score (nSPS) is 23.4. The second kappa shape index (κ2) is 7.19. The van der Waals surface area contributed by atoms with Gasteiger partial charge in [-0.2, -0.15) is 0 Å². The van der Waals surface area contributed by atoms with Gasteiger partial charge in [-0.3, -0.25) is 4.48 Å². The third kappa shape index (κ3) is 3.68. The van der Waals surface area contributed by atoms with Crippen LogP contribution in [-0.4, -0.2) is 59.3 Å². The maximum Gasteiger partial charge on any atom is 1.00 e. The maximum absolute atomic E-state index is 10.8. The molecule has 1 atom stereocenters. The van der Waals surface area contributed by atoms with Crippen LogP contribution >= 0.6 is 0 Å². The van der Waals surface area contributed by atoms with Crippen molar-refractivity contribution in [1.29, 1.82) is 0 Å². The fraction of sp³-hybridized carbons (Fsp3) is 0.600. The van der Waals surface area contributed by atoms with E-state index >= 15 is 0 Å². The van der Waals surface area contributed by atoms with Gasteiger partial charge in [0.25, 0.3) is 0 Å². The second-order valence-electron chi connectivity index (χ2n) is 3.66. The molecule has 86 valence electrons. The molecular weight excluding hydrogens is 219 g/mol. The SMILES string of the molecule is C=CCC1=NCC[N+]1(CCO)CC(=O)O.[H-].[Na+]. The van der Waals surface area contributed by atoms with Gasteiger partial charge in [-0.15, -0.1) is 6.58 Å². The number of aliphatic carboxylic acids is 1. The molecule has 0 amide bonds. The van der Waals surface area contributed by atoms with E-state index in [2.05, 4.69) is 11.6 Å². The van der Waals surface area contributed by atoms with Crippen molar-refractivity contribution < 1.29 is 50.5 Å². The van der Waals surface area contributed by atoms with Crippen LogP contribution in [-0.2, 0) is 4.79 Å². The monoisotopic (exact) mass is 237 g/mol. The predicted molar refractivity (Wildman–Crippen MR) is 57.8 cm³/mol. The Balaban J connectivity index is 0. The van der Waals surface area contributed by atoms with Crippen molar-refractivity contribution >= 4 is 11.8 Å². The number of aliphatic hydroxyl groups excluding tert-OH is 1. The molecule has 1 heterocycles. The van der Waals surface area contributed by atoms with Crippen LogP contribution in [0.1, 0.15) is 7.85 Å². The van der Waals surface area contributed by atoms with Crippen LogP contribution in [0.2, 0.25) is 0 Å². The first-order chi connectivity index (χ1) is 7.14. The van der Waals surface area contributed by atoms with Gasteiger partial charge >= 0.3 is 35.5 Å². The number of aliphatic imine (C=N–C) groups is 1. The van der Waals surface area contributed by atoms with Crippen molar-refractivity contribution in [2.75, 3.05) is 32.8 Å². The molecule has 0 aliphatic carbocycles. The number of aliphatic hydroxyl groups is 1. The summed E-state index contributed by atoms with van der Waals surface area (Å²) in [6.07, 6.45) is 2.31. The molecule has 0 fully saturated rings. The van der Waals surface area contributed by atoms with Crippen molar-refractivity contribution in [2.24, 2.45) is 4.99 Å². The van der Waals surface area contributed by atoms with Gasteiger partial charge in [0, 0.05) is 0 Å². The topological polar surface area (TPSA) is 69.9 Å². The van der Waals surface area contributed by atoms with Gasteiger partial charge in [-0.05, 0) is 0 Å². The van der Waals surface area contributed by atoms with Crippen LogP contribution in [0.5, 0.6) is 0 Å². The number of hydrogen-bond donors (Lipinski definition) is 2. The van der Waals surface area contributed by atoms with E-state index in [1.807, 2.05) is 0 Å². The van der Waals surface area contributed by atoms with Gasteiger partial charge in [-0.25, -0.2) is 9.79 Å². The van der Waals surface area contributed by atoms with Crippen LogP contribution in [0.4, 0.5) is 0 Å². The largest absolute Gasteiger partial charge is 1.00 e. The maximum atomic E-state index is 10.8. The average Bonchev–Trinajstić information content (AvgIpc) is 2.49. The van der Waals surface area contributed by atoms with Gasteiger partial charge in [0.15, 0.2) is 6.54 Å². The van der Waals surface area contributed by atoms with Crippen LogP contribution in [0.15, 0.2) is 17.6 Å². The number of nitrogens with zero attached hydrogens (tertiary/aromatic N) is 2. The van der Waals surface area contributed by atoms with Crippen molar-refractivity contribution in [3.05, 3.63) is 12.7 Å². The Bertz CT molecular complexity index is 299. The van der Waals surface area contributed by atoms with Gasteiger partial charge in [-0.1, -0.05) is 6.08 Å². The number of carbonyl (C=O) groups is 1. The molecule has 2 N–H and O–H groups in total. The number of carboxylic acids is 1. The van der Waals surface area contributed by atoms with E-state index in [9.17, 15) is 4.79 Å². The molecule has 0 radical (unpaired) electrons. The van der Waals surface area contributed by atoms with Crippen molar-refractivity contribution in [2.45, 2.75) is 6.42 Å². The van der Waals surface area contributed by atoms with Crippen molar-refractivity contribution in [3.63, 3.8) is 0 Å². The number of hydrogen-bond acceptors (Lipinski definition) is 3. The summed E-state index contributed by atoms with van der Waals surface area (Å²) in [5.74, 6) is -0.0384. The van der Waals surface area contributed by atoms with Crippen molar-refractivity contribution in [1.82, 2.24) is 0 Å². The summed E-state index contributed by atoms with van der Waals surface area (Å²) >= 11 is 0. The van der Waals surface area contributed by atoms with Gasteiger partial charge in [0.2, 0.25) is 5.84 Å². The first-order valence-corrected chi connectivity index (χ1v) is 4.98. The standard InChI is InChI=1S/C10H16N2O3.Na.H/c1-2-3-9-11-4-5-12(9,6-7-13)8-10(14)15;;/h2,13H,1,3-8H2;;/q;+1;-1/p+1. The fourth-order valence-corrected chi connectivity index (χ4v) is 1.98. The van der Waals surface area contributed by atoms with E-state index in [1.54, 1.807) is 6.08 Å². The zero-order chi connectivity index (χ0) is 11.3. The van der Waals surface area contributed by atoms with E-state index < -0.39 is 5.97 Å². The predicted octanol–water partition coefficient (Wildman–Crippen LogP) is -3.02. The molecule has 16 heavy (non-hydrogen) atoms. The molecule has 5 nitrogen and oxygen atoms in total. The smallest absolute Gasteiger partial charge is 1.00 e. The number of rotatable bonds is 6. The molecular formula is C10H18N2NaO3+. The first kappa shape index (κ1) is 15.8. The summed E-state index contributed by atoms with van der Waals surface area (Å²) < 4.78 is 0.276. The Hall–Kier alpha value is -0.200. The minimum absolute atomic E-state index is 0. The Morgan fingerprint density at radius 3 is 2.88 bits per heavy atom. The summed E-state index contributed by atoms with van der Waals surface area (Å²) in [6.45, 7) is 5.31. The van der Waals surface area contributed by atoms with E-state index in [1.165, 1.54) is 0 Å². The van der Waals surface area contributed by atoms with Crippen molar-refractivity contribution in [3.8, 4) is 0 Å². The Morgan fingerprint density at radius 2 is 2.38 bits per heavy atom. The molecule has 1 rings (SSSR count). The molecule has 1 unspecified atom stereocenters. The molecule has 6 heteroatoms. The second-order valence-corrected chi connectivity index (χ2v) is 3.66. The minimum atomic E-state index is -0.859. The van der Waals surface area contributed by atoms with Gasteiger partial charge in [0.1, 0.15) is 13.1 Å². The summed E-state index contributed by atoms with van der Waals surface area (Å²) in [7, 11) is 0. The summed E-state index contributed by atoms with van der Waals surface area (Å²) in [5, 5.41) is 17.9. The Kier molecular flexibility index (Phi) is 7.10. The fourth-order valence-electron chi connectivity index (χ4n) is 1.98. The molecule has 0 aromatic rings. The molecule has 1 aliphatic rings. The summed E-state index contributed by atoms with van der Waals surface area (Å²) in [6, 6.07) is 0. The quantitative estimate of drug-likeness (QED) is 0.293. The van der Waals surface area contributed by atoms with Crippen LogP contribution in [0.3, 0.4) is 0 Å². The molecule has 0 spiro atoms. The molecule has 0 bridgehead atoms.